The fourth-order valence-corrected chi connectivity index (χ4v) is 4.55. The van der Waals surface area contributed by atoms with E-state index >= 15 is 0 Å². The summed E-state index contributed by atoms with van der Waals surface area (Å²) in [5.74, 6) is -0.956. The Morgan fingerprint density at radius 1 is 0.842 bits per heavy atom. The highest BCUT2D eigenvalue weighted by molar-refractivity contribution is 5.95. The largest absolute Gasteiger partial charge is 0.489 e. The first-order chi connectivity index (χ1) is 18.1. The summed E-state index contributed by atoms with van der Waals surface area (Å²) in [6.07, 6.45) is -4.62. The van der Waals surface area contributed by atoms with Crippen molar-refractivity contribution in [3.8, 4) is 17.0 Å². The summed E-state index contributed by atoms with van der Waals surface area (Å²) in [4.78, 5) is 0. The average Bonchev–Trinajstić information content (AvgIpc) is 3.23. The number of aryl methyl sites for hydroxylation is 2. The van der Waals surface area contributed by atoms with E-state index in [0.717, 1.165) is 34.9 Å². The molecule has 0 atom stereocenters. The monoisotopic (exact) mass is 522 g/mol. The van der Waals surface area contributed by atoms with E-state index in [0.29, 0.717) is 23.6 Å². The van der Waals surface area contributed by atoms with E-state index in [4.69, 9.17) is 4.74 Å². The molecule has 38 heavy (non-hydrogen) atoms. The van der Waals surface area contributed by atoms with Crippen molar-refractivity contribution in [2.75, 3.05) is 0 Å². The highest BCUT2D eigenvalue weighted by Crippen LogP contribution is 2.38. The number of benzene rings is 4. The molecule has 0 bridgehead atoms. The molecule has 0 N–H and O–H groups in total. The molecule has 3 nitrogen and oxygen atoms in total. The highest BCUT2D eigenvalue weighted by Gasteiger charge is 2.34. The number of aromatic nitrogens is 2. The summed E-state index contributed by atoms with van der Waals surface area (Å²) in [6.45, 7) is 4.22. The minimum absolute atomic E-state index is 0.0996. The van der Waals surface area contributed by atoms with Crippen molar-refractivity contribution in [1.29, 1.82) is 0 Å². The Morgan fingerprint density at radius 3 is 2.18 bits per heavy atom. The second-order valence-corrected chi connectivity index (χ2v) is 9.12. The molecule has 1 aromatic heterocycles. The Hall–Kier alpha value is -4.20. The standard InChI is InChI=1S/C30H23F5N2O/c1-18-5-3-6-19(2)25(18)17-38-23-13-10-20(11-14-23)29-24-7-4-8-26(30(33,34)35)28(24)36-37(29)16-21-9-12-22(31)15-27(21)32/h3-15H,16-17H2,1-2H3. The summed E-state index contributed by atoms with van der Waals surface area (Å²) < 4.78 is 76.5. The number of rotatable bonds is 6. The van der Waals surface area contributed by atoms with Crippen LogP contribution in [0.1, 0.15) is 27.8 Å². The molecule has 0 aliphatic rings. The zero-order valence-electron chi connectivity index (χ0n) is 20.6. The predicted octanol–water partition coefficient (Wildman–Crippen LogP) is 8.24. The number of halogens is 5. The Morgan fingerprint density at radius 2 is 1.53 bits per heavy atom. The second-order valence-electron chi connectivity index (χ2n) is 9.12. The molecular weight excluding hydrogens is 499 g/mol. The molecule has 0 saturated heterocycles. The Kier molecular flexibility index (Phi) is 6.65. The molecule has 4 aromatic carbocycles. The molecule has 5 aromatic rings. The fourth-order valence-electron chi connectivity index (χ4n) is 4.55. The first-order valence-electron chi connectivity index (χ1n) is 11.9. The van der Waals surface area contributed by atoms with Crippen molar-refractivity contribution < 1.29 is 26.7 Å². The molecule has 194 valence electrons. The van der Waals surface area contributed by atoms with Gasteiger partial charge < -0.3 is 4.74 Å². The predicted molar refractivity (Wildman–Crippen MR) is 136 cm³/mol. The van der Waals surface area contributed by atoms with Gasteiger partial charge in [-0.3, -0.25) is 4.68 Å². The first kappa shape index (κ1) is 25.4. The number of fused-ring (bicyclic) bond motifs is 1. The fraction of sp³-hybridized carbons (Fsp3) is 0.167. The summed E-state index contributed by atoms with van der Waals surface area (Å²) in [7, 11) is 0. The number of nitrogens with zero attached hydrogens (tertiary/aromatic N) is 2. The second kappa shape index (κ2) is 9.93. The van der Waals surface area contributed by atoms with E-state index in [1.54, 1.807) is 30.3 Å². The van der Waals surface area contributed by atoms with Gasteiger partial charge in [0.25, 0.3) is 0 Å². The van der Waals surface area contributed by atoms with Crippen molar-refractivity contribution in [2.45, 2.75) is 33.2 Å². The zero-order valence-corrected chi connectivity index (χ0v) is 20.6. The lowest BCUT2D eigenvalue weighted by Crippen LogP contribution is -2.07. The van der Waals surface area contributed by atoms with Crippen LogP contribution in [0, 0.1) is 25.5 Å². The van der Waals surface area contributed by atoms with E-state index in [9.17, 15) is 22.0 Å². The minimum Gasteiger partial charge on any atom is -0.489 e. The van der Waals surface area contributed by atoms with Crippen molar-refractivity contribution in [3.05, 3.63) is 118 Å². The molecule has 0 saturated carbocycles. The van der Waals surface area contributed by atoms with Gasteiger partial charge in [0.2, 0.25) is 0 Å². The van der Waals surface area contributed by atoms with E-state index in [-0.39, 0.29) is 23.0 Å². The summed E-state index contributed by atoms with van der Waals surface area (Å²) in [5.41, 5.74) is 3.25. The van der Waals surface area contributed by atoms with Gasteiger partial charge in [0.05, 0.1) is 17.8 Å². The molecule has 0 spiro atoms. The lowest BCUT2D eigenvalue weighted by atomic mass is 10.0. The molecule has 0 amide bonds. The Balaban J connectivity index is 1.54. The van der Waals surface area contributed by atoms with Gasteiger partial charge in [-0.25, -0.2) is 8.78 Å². The topological polar surface area (TPSA) is 27.1 Å². The molecule has 1 heterocycles. The smallest absolute Gasteiger partial charge is 0.418 e. The van der Waals surface area contributed by atoms with Gasteiger partial charge in [0.1, 0.15) is 29.5 Å². The Bertz CT molecular complexity index is 1600. The highest BCUT2D eigenvalue weighted by atomic mass is 19.4. The molecule has 0 aliphatic carbocycles. The normalized spacial score (nSPS) is 11.8. The molecule has 0 fully saturated rings. The molecular formula is C30H23F5N2O. The maximum atomic E-state index is 14.5. The minimum atomic E-state index is -4.62. The van der Waals surface area contributed by atoms with Crippen molar-refractivity contribution in [3.63, 3.8) is 0 Å². The Labute approximate surface area is 216 Å². The molecule has 8 heteroatoms. The van der Waals surface area contributed by atoms with Crippen LogP contribution in [0.2, 0.25) is 0 Å². The third-order valence-corrected chi connectivity index (χ3v) is 6.57. The van der Waals surface area contributed by atoms with Crippen molar-refractivity contribution in [1.82, 2.24) is 9.78 Å². The third kappa shape index (κ3) is 4.98. The van der Waals surface area contributed by atoms with Crippen LogP contribution in [0.3, 0.4) is 0 Å². The van der Waals surface area contributed by atoms with Crippen LogP contribution in [0.4, 0.5) is 22.0 Å². The lowest BCUT2D eigenvalue weighted by molar-refractivity contribution is -0.136. The van der Waals surface area contributed by atoms with Crippen LogP contribution >= 0.6 is 0 Å². The first-order valence-corrected chi connectivity index (χ1v) is 11.9. The third-order valence-electron chi connectivity index (χ3n) is 6.57. The number of alkyl halides is 3. The summed E-state index contributed by atoms with van der Waals surface area (Å²) in [5, 5.41) is 4.51. The lowest BCUT2D eigenvalue weighted by Gasteiger charge is -2.13. The number of ether oxygens (including phenoxy) is 1. The molecule has 0 aliphatic heterocycles. The van der Waals surface area contributed by atoms with Gasteiger partial charge in [-0.15, -0.1) is 0 Å². The van der Waals surface area contributed by atoms with Gasteiger partial charge in [0.15, 0.2) is 0 Å². The van der Waals surface area contributed by atoms with Crippen LogP contribution in [-0.2, 0) is 19.3 Å². The van der Waals surface area contributed by atoms with Crippen LogP contribution in [-0.4, -0.2) is 9.78 Å². The number of hydrogen-bond donors (Lipinski definition) is 0. The maximum absolute atomic E-state index is 14.5. The van der Waals surface area contributed by atoms with Crippen LogP contribution in [0.5, 0.6) is 5.75 Å². The molecule has 0 radical (unpaired) electrons. The van der Waals surface area contributed by atoms with Crippen molar-refractivity contribution >= 4 is 10.9 Å². The van der Waals surface area contributed by atoms with Crippen molar-refractivity contribution in [2.24, 2.45) is 0 Å². The zero-order chi connectivity index (χ0) is 27.0. The van der Waals surface area contributed by atoms with E-state index in [1.807, 2.05) is 32.0 Å². The van der Waals surface area contributed by atoms with Crippen LogP contribution < -0.4 is 4.74 Å². The van der Waals surface area contributed by atoms with E-state index in [2.05, 4.69) is 5.10 Å². The van der Waals surface area contributed by atoms with Gasteiger partial charge in [-0.2, -0.15) is 18.3 Å². The van der Waals surface area contributed by atoms with E-state index in [1.165, 1.54) is 16.8 Å². The van der Waals surface area contributed by atoms with Crippen LogP contribution in [0.15, 0.2) is 78.9 Å². The van der Waals surface area contributed by atoms with E-state index < -0.39 is 23.4 Å². The summed E-state index contributed by atoms with van der Waals surface area (Å²) >= 11 is 0. The summed E-state index contributed by atoms with van der Waals surface area (Å²) in [6, 6.07) is 19.9. The SMILES string of the molecule is Cc1cccc(C)c1COc1ccc(-c2c3cccc(C(F)(F)F)c3nn2Cc2ccc(F)cc2F)cc1. The van der Waals surface area contributed by atoms with Gasteiger partial charge in [-0.05, 0) is 66.9 Å². The molecule has 5 rings (SSSR count). The quantitative estimate of drug-likeness (QED) is 0.210. The maximum Gasteiger partial charge on any atom is 0.418 e. The average molecular weight is 523 g/mol. The van der Waals surface area contributed by atoms with Gasteiger partial charge >= 0.3 is 6.18 Å². The van der Waals surface area contributed by atoms with Gasteiger partial charge in [0, 0.05) is 22.6 Å². The van der Waals surface area contributed by atoms with Gasteiger partial charge in [-0.1, -0.05) is 36.4 Å². The molecule has 0 unspecified atom stereocenters. The number of hydrogen-bond acceptors (Lipinski definition) is 2. The van der Waals surface area contributed by atoms with Crippen LogP contribution in [0.25, 0.3) is 22.2 Å².